The van der Waals surface area contributed by atoms with E-state index in [1.165, 1.54) is 70.6 Å². The lowest BCUT2D eigenvalue weighted by Crippen LogP contribution is -2.54. The molecule has 6 N–H and O–H groups in total. The minimum Gasteiger partial charge on any atom is -0.507 e. The second-order valence-electron chi connectivity index (χ2n) is 19.1. The number of hydrazone groups is 1. The summed E-state index contributed by atoms with van der Waals surface area (Å²) in [5.41, 5.74) is 1.97. The van der Waals surface area contributed by atoms with Crippen molar-refractivity contribution in [2.45, 2.75) is 125 Å². The van der Waals surface area contributed by atoms with Crippen LogP contribution in [0.4, 0.5) is 5.69 Å². The molecule has 4 aliphatic rings. The van der Waals surface area contributed by atoms with Gasteiger partial charge in [-0.3, -0.25) is 24.3 Å². The van der Waals surface area contributed by atoms with Gasteiger partial charge in [0.15, 0.2) is 5.75 Å². The van der Waals surface area contributed by atoms with Gasteiger partial charge in [-0.15, -0.1) is 0 Å². The number of aliphatic hydroxyl groups excluding tert-OH is 2. The number of carbonyl (C=O) groups is 3. The molecule has 1 fully saturated rings. The molecule has 4 heterocycles. The van der Waals surface area contributed by atoms with Crippen LogP contribution in [0.15, 0.2) is 65.5 Å². The number of fused-ring (bicyclic) bond motifs is 14. The van der Waals surface area contributed by atoms with Gasteiger partial charge in [0.1, 0.15) is 23.4 Å². The number of benzene rings is 3. The van der Waals surface area contributed by atoms with E-state index in [-0.39, 0.29) is 56.6 Å². The van der Waals surface area contributed by atoms with Gasteiger partial charge in [-0.2, -0.15) is 5.10 Å². The van der Waals surface area contributed by atoms with Crippen molar-refractivity contribution in [3.63, 3.8) is 0 Å². The highest BCUT2D eigenvalue weighted by molar-refractivity contribution is 6.23. The van der Waals surface area contributed by atoms with Crippen LogP contribution in [0, 0.1) is 37.5 Å². The molecule has 68 heavy (non-hydrogen) atoms. The Labute approximate surface area is 398 Å². The van der Waals surface area contributed by atoms with Gasteiger partial charge >= 0.3 is 11.8 Å². The third kappa shape index (κ3) is 10.2. The summed E-state index contributed by atoms with van der Waals surface area (Å²) in [6.45, 7) is 20.7. The van der Waals surface area contributed by atoms with Gasteiger partial charge in [-0.1, -0.05) is 75.8 Å². The average Bonchev–Trinajstić information content (AvgIpc) is 3.55. The molecule has 3 aromatic carbocycles. The van der Waals surface area contributed by atoms with E-state index in [1.54, 1.807) is 39.8 Å². The molecule has 11 atom stereocenters. The van der Waals surface area contributed by atoms with Crippen LogP contribution in [0.5, 0.6) is 23.0 Å². The molecule has 11 unspecified atom stereocenters. The number of methoxy groups -OCH3 is 1. The number of aliphatic hydroxyl groups is 2. The lowest BCUT2D eigenvalue weighted by Gasteiger charge is -2.42. The number of ketones is 1. The van der Waals surface area contributed by atoms with Crippen LogP contribution in [-0.4, -0.2) is 122 Å². The van der Waals surface area contributed by atoms with E-state index in [0.717, 1.165) is 6.54 Å². The summed E-state index contributed by atoms with van der Waals surface area (Å²) < 4.78 is 23.8. The average molecular weight is 941 g/mol. The van der Waals surface area contributed by atoms with Crippen molar-refractivity contribution in [1.29, 1.82) is 0 Å². The van der Waals surface area contributed by atoms with E-state index >= 15 is 0 Å². The van der Waals surface area contributed by atoms with Crippen LogP contribution in [0.3, 0.4) is 0 Å². The molecule has 368 valence electrons. The number of piperazine rings is 1. The molecule has 1 saturated heterocycles. The van der Waals surface area contributed by atoms with E-state index < -0.39 is 88.8 Å². The summed E-state index contributed by atoms with van der Waals surface area (Å²) in [7, 11) is 1.44. The first kappa shape index (κ1) is 51.5. The fourth-order valence-corrected chi connectivity index (χ4v) is 9.73. The number of nitrogens with zero attached hydrogens (tertiary/aromatic N) is 3. The predicted octanol–water partition coefficient (Wildman–Crippen LogP) is 6.99. The van der Waals surface area contributed by atoms with Crippen molar-refractivity contribution in [2.24, 2.45) is 28.8 Å². The summed E-state index contributed by atoms with van der Waals surface area (Å²) >= 11 is 0. The van der Waals surface area contributed by atoms with Gasteiger partial charge in [0.05, 0.1) is 65.1 Å². The highest BCUT2D eigenvalue weighted by Crippen LogP contribution is 2.55. The molecule has 0 saturated carbocycles. The molecule has 0 radical (unpaired) electrons. The maximum absolute atomic E-state index is 14.7. The van der Waals surface area contributed by atoms with Gasteiger partial charge in [-0.05, 0) is 46.3 Å². The molecule has 4 aliphatic heterocycles. The molecule has 16 nitrogen and oxygen atoms in total. The number of hydrogen-bond acceptors (Lipinski definition) is 15. The maximum Gasteiger partial charge on any atom is 0.312 e. The number of aromatic hydroxyl groups is 3. The Morgan fingerprint density at radius 1 is 0.897 bits per heavy atom. The molecule has 5 bridgehead atoms. The number of aryl methyl sites for hydroxylation is 1. The lowest BCUT2D eigenvalue weighted by atomic mass is 9.78. The first-order valence-electron chi connectivity index (χ1n) is 23.2. The van der Waals surface area contributed by atoms with Crippen LogP contribution in [0.1, 0.15) is 94.9 Å². The Bertz CT molecular complexity index is 2510. The minimum atomic E-state index is -2.07. The van der Waals surface area contributed by atoms with E-state index in [2.05, 4.69) is 34.5 Å². The molecule has 7 rings (SSSR count). The number of hydrogen-bond donors (Lipinski definition) is 6. The number of phenols is 3. The summed E-state index contributed by atoms with van der Waals surface area (Å²) in [6, 6.07) is 8.19. The summed E-state index contributed by atoms with van der Waals surface area (Å²) in [6.07, 6.45) is 4.89. The Morgan fingerprint density at radius 2 is 1.54 bits per heavy atom. The summed E-state index contributed by atoms with van der Waals surface area (Å²) in [4.78, 5) is 43.4. The molecule has 1 amide bonds. The molecule has 16 heteroatoms. The van der Waals surface area contributed by atoms with Crippen molar-refractivity contribution < 1.29 is 58.9 Å². The van der Waals surface area contributed by atoms with Crippen LogP contribution in [-0.2, 0) is 30.3 Å². The number of allylic oxidation sites excluding steroid dienone is 2. The van der Waals surface area contributed by atoms with Gasteiger partial charge in [0.2, 0.25) is 0 Å². The largest absolute Gasteiger partial charge is 0.507 e. The van der Waals surface area contributed by atoms with Gasteiger partial charge in [-0.25, -0.2) is 0 Å². The third-order valence-corrected chi connectivity index (χ3v) is 13.8. The number of phenolic OH excluding ortho intramolecular Hbond substituents is 3. The number of anilines is 1. The van der Waals surface area contributed by atoms with E-state index in [4.69, 9.17) is 24.0 Å². The van der Waals surface area contributed by atoms with Crippen LogP contribution in [0.25, 0.3) is 10.8 Å². The molecule has 0 aromatic heterocycles. The van der Waals surface area contributed by atoms with Crippen molar-refractivity contribution in [3.05, 3.63) is 88.2 Å². The molecule has 3 aromatic rings. The van der Waals surface area contributed by atoms with Crippen molar-refractivity contribution in [2.75, 3.05) is 25.5 Å². The third-order valence-electron chi connectivity index (χ3n) is 13.8. The smallest absolute Gasteiger partial charge is 0.312 e. The zero-order chi connectivity index (χ0) is 50.1. The predicted molar refractivity (Wildman–Crippen MR) is 259 cm³/mol. The molecule has 0 spiro atoms. The quantitative estimate of drug-likeness (QED) is 0.0635. The standard InChI is InChI=1S/C52H68N4O12/c1-26-16-18-36(19-17-26)25-55-23-29(4)56(30(5)24-55)53-22-37-42-47(62)40-39(46(37)61)41-49(34(9)45(40)60)68-52(11,50(41)63)66-21-20-38(65-12)31(6)48(67-35(10)57)33(8)44(59)32(7)43(58)27(2)14-13-15-28(3)51(64)54-42/h13-22,27,29-33,38,43-44,48,58-62H,23-25H2,1-12H3,(H,54,64)/b14-13+,21-20+,28-15?,53-22+. The molecular weight excluding hydrogens is 873 g/mol. The van der Waals surface area contributed by atoms with Crippen molar-refractivity contribution >= 4 is 40.3 Å². The van der Waals surface area contributed by atoms with Crippen LogP contribution in [0.2, 0.25) is 0 Å². The zero-order valence-corrected chi connectivity index (χ0v) is 41.1. The number of esters is 1. The number of ether oxygens (including phenoxy) is 4. The van der Waals surface area contributed by atoms with Gasteiger partial charge < -0.3 is 49.8 Å². The highest BCUT2D eigenvalue weighted by Gasteiger charge is 2.50. The first-order chi connectivity index (χ1) is 32.0. The zero-order valence-electron chi connectivity index (χ0n) is 41.1. The van der Waals surface area contributed by atoms with Gasteiger partial charge in [0.25, 0.3) is 11.7 Å². The van der Waals surface area contributed by atoms with Crippen LogP contribution >= 0.6 is 0 Å². The van der Waals surface area contributed by atoms with Crippen LogP contribution < -0.4 is 10.1 Å². The van der Waals surface area contributed by atoms with E-state index in [9.17, 15) is 39.9 Å². The topological polar surface area (TPSA) is 220 Å². The van der Waals surface area contributed by atoms with Crippen molar-refractivity contribution in [1.82, 2.24) is 9.91 Å². The fourth-order valence-electron chi connectivity index (χ4n) is 9.73. The van der Waals surface area contributed by atoms with Crippen molar-refractivity contribution in [3.8, 4) is 23.0 Å². The second kappa shape index (κ2) is 20.7. The second-order valence-corrected chi connectivity index (χ2v) is 19.1. The Hall–Kier alpha value is -5.94. The number of Topliss-reactive ketones (excluding diaryl/α,β-unsaturated/α-hetero) is 1. The summed E-state index contributed by atoms with van der Waals surface area (Å²) in [5, 5.41) is 68.2. The summed E-state index contributed by atoms with van der Waals surface area (Å²) in [5.74, 6) is -8.46. The Kier molecular flexibility index (Phi) is 15.7. The highest BCUT2D eigenvalue weighted by atomic mass is 16.7. The fraction of sp³-hybridized carbons (Fsp3) is 0.500. The monoisotopic (exact) mass is 940 g/mol. The number of rotatable bonds is 6. The normalized spacial score (nSPS) is 30.8. The van der Waals surface area contributed by atoms with E-state index in [0.29, 0.717) is 13.1 Å². The lowest BCUT2D eigenvalue weighted by molar-refractivity contribution is -0.160. The van der Waals surface area contributed by atoms with Gasteiger partial charge in [0, 0.05) is 80.8 Å². The maximum atomic E-state index is 14.7. The minimum absolute atomic E-state index is 0.0501. The Balaban J connectivity index is 1.48. The van der Waals surface area contributed by atoms with E-state index in [1.807, 2.05) is 25.8 Å². The number of nitrogens with one attached hydrogen (secondary N) is 1. The molecule has 0 aliphatic carbocycles. The SMILES string of the molecule is COC1/C=C/OC2(C)Oc3c(C)c(O)c4c(O)c(c(/C=N/N5C(C)CN(Cc6ccc(C)cc6)CC5C)c(O)c4c3C2=O)NC(=O)C(C)=C/C=C/C(C)C(O)C(C)C(O)C(C)C(OC(C)=O)C1C. The number of carbonyl (C=O) groups excluding carboxylic acids is 3. The first-order valence-corrected chi connectivity index (χ1v) is 23.2. The molecular formula is C52H68N4O12. The Morgan fingerprint density at radius 3 is 2.16 bits per heavy atom. The number of amides is 1.